The summed E-state index contributed by atoms with van der Waals surface area (Å²) in [6.07, 6.45) is 4.08. The third kappa shape index (κ3) is 3.54. The van der Waals surface area contributed by atoms with Crippen molar-refractivity contribution in [2.45, 2.75) is 37.4 Å². The number of fused-ring (bicyclic) bond motifs is 3. The summed E-state index contributed by atoms with van der Waals surface area (Å²) < 4.78 is 0. The molecule has 1 aliphatic carbocycles. The van der Waals surface area contributed by atoms with E-state index in [0.717, 1.165) is 18.4 Å². The standard InChI is InChI=1S/C26H25N5O2/c32-25(28-22-13-12-18-7-2-4-10-20(18)22)15-30-26(33)24-14-23(29-31(24)16-27-30)21-11-5-8-17-6-1-3-9-19(17)21/h1-11,16,22-24,29H,12-15H2,(H,28,32). The first-order valence-electron chi connectivity index (χ1n) is 11.4. The summed E-state index contributed by atoms with van der Waals surface area (Å²) in [5.74, 6) is -0.345. The second-order valence-corrected chi connectivity index (χ2v) is 8.89. The molecule has 7 nitrogen and oxygen atoms in total. The van der Waals surface area contributed by atoms with Crippen LogP contribution in [0.25, 0.3) is 10.8 Å². The van der Waals surface area contributed by atoms with Gasteiger partial charge in [-0.15, -0.1) is 0 Å². The molecule has 3 atom stereocenters. The van der Waals surface area contributed by atoms with E-state index in [-0.39, 0.29) is 36.5 Å². The third-order valence-electron chi connectivity index (χ3n) is 6.91. The van der Waals surface area contributed by atoms with Crippen molar-refractivity contribution in [3.63, 3.8) is 0 Å². The van der Waals surface area contributed by atoms with Gasteiger partial charge in [0.2, 0.25) is 5.91 Å². The third-order valence-corrected chi connectivity index (χ3v) is 6.91. The van der Waals surface area contributed by atoms with E-state index in [4.69, 9.17) is 0 Å². The van der Waals surface area contributed by atoms with Crippen LogP contribution in [0.1, 0.15) is 41.6 Å². The van der Waals surface area contributed by atoms with Crippen LogP contribution in [0.3, 0.4) is 0 Å². The number of nitrogens with one attached hydrogen (secondary N) is 2. The van der Waals surface area contributed by atoms with Crippen LogP contribution in [0.15, 0.2) is 71.8 Å². The van der Waals surface area contributed by atoms with Gasteiger partial charge in [-0.25, -0.2) is 10.4 Å². The summed E-state index contributed by atoms with van der Waals surface area (Å²) in [5.41, 5.74) is 7.02. The van der Waals surface area contributed by atoms with Crippen molar-refractivity contribution < 1.29 is 9.59 Å². The Bertz CT molecular complexity index is 1270. The van der Waals surface area contributed by atoms with E-state index in [2.05, 4.69) is 52.2 Å². The number of aryl methyl sites for hydroxylation is 1. The highest BCUT2D eigenvalue weighted by Gasteiger charge is 2.41. The molecule has 6 rings (SSSR count). The number of carbonyl (C=O) groups excluding carboxylic acids is 2. The van der Waals surface area contributed by atoms with Gasteiger partial charge in [-0.2, -0.15) is 5.10 Å². The number of amides is 2. The van der Waals surface area contributed by atoms with Crippen molar-refractivity contribution in [2.24, 2.45) is 5.10 Å². The highest BCUT2D eigenvalue weighted by molar-refractivity contribution is 5.91. The van der Waals surface area contributed by atoms with E-state index in [1.807, 2.05) is 30.3 Å². The lowest BCUT2D eigenvalue weighted by atomic mass is 9.96. The van der Waals surface area contributed by atoms with E-state index in [0.29, 0.717) is 6.42 Å². The van der Waals surface area contributed by atoms with Crippen LogP contribution in [-0.4, -0.2) is 40.8 Å². The monoisotopic (exact) mass is 439 g/mol. The molecule has 2 heterocycles. The van der Waals surface area contributed by atoms with Crippen LogP contribution >= 0.6 is 0 Å². The molecule has 3 unspecified atom stereocenters. The highest BCUT2D eigenvalue weighted by atomic mass is 16.2. The number of carbonyl (C=O) groups is 2. The van der Waals surface area contributed by atoms with E-state index < -0.39 is 0 Å². The molecule has 3 aromatic rings. The summed E-state index contributed by atoms with van der Waals surface area (Å²) in [5, 5.41) is 12.8. The Labute approximate surface area is 192 Å². The molecule has 3 aliphatic rings. The predicted octanol–water partition coefficient (Wildman–Crippen LogP) is 3.05. The SMILES string of the molecule is O=C(CN1N=CN2NC(c3cccc4ccccc34)CC2C1=O)NC1CCc2ccccc21. The fourth-order valence-corrected chi connectivity index (χ4v) is 5.29. The van der Waals surface area contributed by atoms with E-state index in [1.54, 1.807) is 11.3 Å². The lowest BCUT2D eigenvalue weighted by Crippen LogP contribution is -2.52. The number of nitrogens with zero attached hydrogens (tertiary/aromatic N) is 3. The van der Waals surface area contributed by atoms with E-state index in [9.17, 15) is 9.59 Å². The van der Waals surface area contributed by atoms with Crippen molar-refractivity contribution in [2.75, 3.05) is 6.54 Å². The van der Waals surface area contributed by atoms with Gasteiger partial charge in [0.15, 0.2) is 0 Å². The van der Waals surface area contributed by atoms with Crippen LogP contribution in [0.2, 0.25) is 0 Å². The zero-order valence-corrected chi connectivity index (χ0v) is 18.1. The molecule has 1 saturated heterocycles. The summed E-state index contributed by atoms with van der Waals surface area (Å²) in [4.78, 5) is 25.9. The molecule has 2 N–H and O–H groups in total. The quantitative estimate of drug-likeness (QED) is 0.655. The number of hydrazine groups is 1. The summed E-state index contributed by atoms with van der Waals surface area (Å²) in [6, 6.07) is 22.3. The molecule has 0 bridgehead atoms. The summed E-state index contributed by atoms with van der Waals surface area (Å²) in [6.45, 7) is -0.0721. The number of rotatable bonds is 4. The maximum Gasteiger partial charge on any atom is 0.267 e. The number of benzene rings is 3. The average molecular weight is 440 g/mol. The fraction of sp³-hybridized carbons (Fsp3) is 0.269. The topological polar surface area (TPSA) is 77.0 Å². The maximum absolute atomic E-state index is 13.2. The van der Waals surface area contributed by atoms with Gasteiger partial charge < -0.3 is 5.32 Å². The molecule has 0 aromatic heterocycles. The first-order chi connectivity index (χ1) is 16.2. The van der Waals surface area contributed by atoms with Crippen molar-refractivity contribution in [3.05, 3.63) is 83.4 Å². The Kier molecular flexibility index (Phi) is 4.84. The molecule has 0 saturated carbocycles. The molecule has 166 valence electrons. The number of hydrogen-bond donors (Lipinski definition) is 2. The average Bonchev–Trinajstić information content (AvgIpc) is 3.46. The molecule has 2 amide bonds. The van der Waals surface area contributed by atoms with E-state index in [1.165, 1.54) is 26.9 Å². The zero-order valence-electron chi connectivity index (χ0n) is 18.1. The van der Waals surface area contributed by atoms with Crippen molar-refractivity contribution >= 4 is 28.9 Å². The van der Waals surface area contributed by atoms with Crippen molar-refractivity contribution in [1.82, 2.24) is 20.8 Å². The molecule has 33 heavy (non-hydrogen) atoms. The minimum absolute atomic E-state index is 0.000247. The second kappa shape index (κ2) is 8.01. The largest absolute Gasteiger partial charge is 0.348 e. The summed E-state index contributed by atoms with van der Waals surface area (Å²) >= 11 is 0. The predicted molar refractivity (Wildman–Crippen MR) is 126 cm³/mol. The van der Waals surface area contributed by atoms with Gasteiger partial charge in [-0.3, -0.25) is 14.6 Å². The van der Waals surface area contributed by atoms with Gasteiger partial charge in [0.25, 0.3) is 5.91 Å². The Morgan fingerprint density at radius 2 is 1.82 bits per heavy atom. The lowest BCUT2D eigenvalue weighted by molar-refractivity contribution is -0.140. The maximum atomic E-state index is 13.2. The van der Waals surface area contributed by atoms with E-state index >= 15 is 0 Å². The normalized spacial score (nSPS) is 23.6. The van der Waals surface area contributed by atoms with Crippen LogP contribution in [-0.2, 0) is 16.0 Å². The first-order valence-corrected chi connectivity index (χ1v) is 11.4. The molecule has 7 heteroatoms. The Hall–Kier alpha value is -3.71. The molecule has 0 spiro atoms. The molecule has 2 aliphatic heterocycles. The first kappa shape index (κ1) is 19.9. The molecule has 0 radical (unpaired) electrons. The van der Waals surface area contributed by atoms with Gasteiger partial charge in [0.1, 0.15) is 18.9 Å². The Morgan fingerprint density at radius 1 is 1.03 bits per heavy atom. The Morgan fingerprint density at radius 3 is 2.76 bits per heavy atom. The Balaban J connectivity index is 1.14. The number of hydrogen-bond acceptors (Lipinski definition) is 5. The van der Waals surface area contributed by atoms with Crippen molar-refractivity contribution in [3.8, 4) is 0 Å². The highest BCUT2D eigenvalue weighted by Crippen LogP contribution is 2.34. The van der Waals surface area contributed by atoms with Gasteiger partial charge in [-0.05, 0) is 46.7 Å². The van der Waals surface area contributed by atoms with Crippen molar-refractivity contribution in [1.29, 1.82) is 0 Å². The molecular formula is C26H25N5O2. The van der Waals surface area contributed by atoms with Crippen LogP contribution < -0.4 is 10.7 Å². The minimum atomic E-state index is -0.383. The van der Waals surface area contributed by atoms with Crippen LogP contribution in [0.5, 0.6) is 0 Å². The zero-order chi connectivity index (χ0) is 22.4. The lowest BCUT2D eigenvalue weighted by Gasteiger charge is -2.30. The van der Waals surface area contributed by atoms with Gasteiger partial charge >= 0.3 is 0 Å². The second-order valence-electron chi connectivity index (χ2n) is 8.89. The molecule has 1 fully saturated rings. The van der Waals surface area contributed by atoms with Gasteiger partial charge in [0.05, 0.1) is 12.1 Å². The number of hydrazone groups is 1. The summed E-state index contributed by atoms with van der Waals surface area (Å²) in [7, 11) is 0. The van der Waals surface area contributed by atoms with Gasteiger partial charge in [0, 0.05) is 0 Å². The van der Waals surface area contributed by atoms with Crippen LogP contribution in [0.4, 0.5) is 0 Å². The minimum Gasteiger partial charge on any atom is -0.348 e. The fourth-order valence-electron chi connectivity index (χ4n) is 5.29. The van der Waals surface area contributed by atoms with Crippen LogP contribution in [0, 0.1) is 0 Å². The van der Waals surface area contributed by atoms with Gasteiger partial charge in [-0.1, -0.05) is 66.7 Å². The molecule has 3 aromatic carbocycles. The smallest absolute Gasteiger partial charge is 0.267 e. The molecular weight excluding hydrogens is 414 g/mol.